The average molecular weight is 303 g/mol. The van der Waals surface area contributed by atoms with Gasteiger partial charge in [0.25, 0.3) is 0 Å². The number of ketones is 1. The lowest BCUT2D eigenvalue weighted by molar-refractivity contribution is 0.0992. The lowest BCUT2D eigenvalue weighted by atomic mass is 10.0. The normalized spacial score (nSPS) is 10.4. The van der Waals surface area contributed by atoms with Gasteiger partial charge in [-0.2, -0.15) is 0 Å². The molecule has 0 aromatic heterocycles. The van der Waals surface area contributed by atoms with Gasteiger partial charge in [-0.15, -0.1) is 0 Å². The smallest absolute Gasteiger partial charge is 0.168 e. The van der Waals surface area contributed by atoms with Gasteiger partial charge in [0.1, 0.15) is 0 Å². The van der Waals surface area contributed by atoms with Crippen LogP contribution in [0.2, 0.25) is 0 Å². The number of hydrogen-bond acceptors (Lipinski definition) is 1. The predicted molar refractivity (Wildman–Crippen MR) is 78.1 cm³/mol. The molecule has 92 valence electrons. The molecule has 0 unspecified atom stereocenters. The van der Waals surface area contributed by atoms with Crippen LogP contribution in [0.4, 0.5) is 0 Å². The van der Waals surface area contributed by atoms with Gasteiger partial charge in [0.05, 0.1) is 0 Å². The van der Waals surface area contributed by atoms with E-state index in [1.54, 1.807) is 0 Å². The zero-order valence-electron chi connectivity index (χ0n) is 10.5. The van der Waals surface area contributed by atoms with Crippen LogP contribution in [0.25, 0.3) is 0 Å². The molecule has 0 fully saturated rings. The largest absolute Gasteiger partial charge is 0.294 e. The second kappa shape index (κ2) is 5.49. The Kier molecular flexibility index (Phi) is 3.97. The van der Waals surface area contributed by atoms with E-state index in [1.807, 2.05) is 56.3 Å². The number of rotatable bonds is 3. The van der Waals surface area contributed by atoms with Crippen molar-refractivity contribution in [3.63, 3.8) is 0 Å². The second-order valence-corrected chi connectivity index (χ2v) is 5.42. The highest BCUT2D eigenvalue weighted by Gasteiger charge is 2.10. The molecule has 2 aromatic rings. The summed E-state index contributed by atoms with van der Waals surface area (Å²) in [6.07, 6.45) is 0.446. The molecule has 0 aliphatic heterocycles. The van der Waals surface area contributed by atoms with Crippen molar-refractivity contribution >= 4 is 21.7 Å². The van der Waals surface area contributed by atoms with Crippen molar-refractivity contribution in [1.29, 1.82) is 0 Å². The van der Waals surface area contributed by atoms with E-state index < -0.39 is 0 Å². The first-order valence-corrected chi connectivity index (χ1v) is 6.70. The summed E-state index contributed by atoms with van der Waals surface area (Å²) in [5.41, 5.74) is 4.16. The molecule has 0 saturated carbocycles. The summed E-state index contributed by atoms with van der Waals surface area (Å²) in [6.45, 7) is 4.06. The molecule has 0 aliphatic carbocycles. The van der Waals surface area contributed by atoms with Gasteiger partial charge in [0, 0.05) is 16.5 Å². The highest BCUT2D eigenvalue weighted by molar-refractivity contribution is 9.10. The number of benzene rings is 2. The fraction of sp³-hybridized carbons (Fsp3) is 0.188. The molecule has 0 amide bonds. The summed E-state index contributed by atoms with van der Waals surface area (Å²) in [6, 6.07) is 13.9. The molecule has 0 spiro atoms. The number of hydrogen-bond donors (Lipinski definition) is 0. The monoisotopic (exact) mass is 302 g/mol. The lowest BCUT2D eigenvalue weighted by Crippen LogP contribution is -2.04. The minimum atomic E-state index is 0.144. The third-order valence-electron chi connectivity index (χ3n) is 2.91. The van der Waals surface area contributed by atoms with Crippen LogP contribution in [0, 0.1) is 13.8 Å². The van der Waals surface area contributed by atoms with Crippen LogP contribution in [0.5, 0.6) is 0 Å². The molecule has 18 heavy (non-hydrogen) atoms. The van der Waals surface area contributed by atoms with Gasteiger partial charge in [0.15, 0.2) is 5.78 Å². The van der Waals surface area contributed by atoms with E-state index in [2.05, 4.69) is 15.9 Å². The average Bonchev–Trinajstić information content (AvgIpc) is 2.32. The Labute approximate surface area is 116 Å². The summed E-state index contributed by atoms with van der Waals surface area (Å²) in [5, 5.41) is 0. The van der Waals surface area contributed by atoms with E-state index in [1.165, 1.54) is 5.56 Å². The van der Waals surface area contributed by atoms with Crippen LogP contribution in [-0.4, -0.2) is 5.78 Å². The van der Waals surface area contributed by atoms with Crippen LogP contribution in [0.15, 0.2) is 46.9 Å². The van der Waals surface area contributed by atoms with Gasteiger partial charge in [-0.1, -0.05) is 51.8 Å². The fourth-order valence-electron chi connectivity index (χ4n) is 1.83. The van der Waals surface area contributed by atoms with E-state index in [0.29, 0.717) is 6.42 Å². The Morgan fingerprint density at radius 1 is 1.00 bits per heavy atom. The molecule has 0 N–H and O–H groups in total. The third-order valence-corrected chi connectivity index (χ3v) is 3.57. The number of carbonyl (C=O) groups excluding carboxylic acids is 1. The second-order valence-electron chi connectivity index (χ2n) is 4.57. The van der Waals surface area contributed by atoms with Gasteiger partial charge < -0.3 is 0 Å². The molecule has 0 bridgehead atoms. The standard InChI is InChI=1S/C16H15BrO/c1-11-3-6-13(7-4-11)10-16(18)14-8-5-12(2)9-15(14)17/h3-9H,10H2,1-2H3. The predicted octanol–water partition coefficient (Wildman–Crippen LogP) is 4.49. The highest BCUT2D eigenvalue weighted by Crippen LogP contribution is 2.20. The molecule has 0 heterocycles. The van der Waals surface area contributed by atoms with E-state index in [9.17, 15) is 4.79 Å². The molecule has 2 heteroatoms. The molecule has 2 aromatic carbocycles. The molecule has 0 radical (unpaired) electrons. The molecule has 0 saturated heterocycles. The van der Waals surface area contributed by atoms with Crippen LogP contribution in [-0.2, 0) is 6.42 Å². The first kappa shape index (κ1) is 13.0. The van der Waals surface area contributed by atoms with E-state index in [0.717, 1.165) is 21.2 Å². The van der Waals surface area contributed by atoms with Gasteiger partial charge in [0.2, 0.25) is 0 Å². The number of carbonyl (C=O) groups is 1. The maximum Gasteiger partial charge on any atom is 0.168 e. The summed E-state index contributed by atoms with van der Waals surface area (Å²) in [4.78, 5) is 12.2. The van der Waals surface area contributed by atoms with E-state index in [4.69, 9.17) is 0 Å². The van der Waals surface area contributed by atoms with Gasteiger partial charge in [-0.25, -0.2) is 0 Å². The molecular formula is C16H15BrO. The van der Waals surface area contributed by atoms with Gasteiger partial charge in [-0.05, 0) is 37.1 Å². The van der Waals surface area contributed by atoms with Crippen LogP contribution in [0.1, 0.15) is 27.0 Å². The van der Waals surface area contributed by atoms with Crippen molar-refractivity contribution in [2.45, 2.75) is 20.3 Å². The molecule has 2 rings (SSSR count). The SMILES string of the molecule is Cc1ccc(CC(=O)c2ccc(C)cc2Br)cc1. The quantitative estimate of drug-likeness (QED) is 0.763. The summed E-state index contributed by atoms with van der Waals surface area (Å²) in [5.74, 6) is 0.144. The number of halogens is 1. The summed E-state index contributed by atoms with van der Waals surface area (Å²) >= 11 is 3.45. The maximum absolute atomic E-state index is 12.2. The van der Waals surface area contributed by atoms with E-state index in [-0.39, 0.29) is 5.78 Å². The van der Waals surface area contributed by atoms with Crippen molar-refractivity contribution in [2.75, 3.05) is 0 Å². The van der Waals surface area contributed by atoms with Gasteiger partial charge in [-0.3, -0.25) is 4.79 Å². The van der Waals surface area contributed by atoms with Crippen molar-refractivity contribution in [2.24, 2.45) is 0 Å². The zero-order valence-corrected chi connectivity index (χ0v) is 12.1. The maximum atomic E-state index is 12.2. The number of Topliss-reactive ketones (excluding diaryl/α,β-unsaturated/α-hetero) is 1. The van der Waals surface area contributed by atoms with Crippen LogP contribution >= 0.6 is 15.9 Å². The minimum Gasteiger partial charge on any atom is -0.294 e. The Morgan fingerprint density at radius 2 is 1.61 bits per heavy atom. The van der Waals surface area contributed by atoms with E-state index >= 15 is 0 Å². The first-order valence-electron chi connectivity index (χ1n) is 5.91. The molecular weight excluding hydrogens is 288 g/mol. The van der Waals surface area contributed by atoms with Gasteiger partial charge >= 0.3 is 0 Å². The molecule has 0 atom stereocenters. The molecule has 0 aliphatic rings. The highest BCUT2D eigenvalue weighted by atomic mass is 79.9. The fourth-order valence-corrected chi connectivity index (χ4v) is 2.55. The Hall–Kier alpha value is -1.41. The minimum absolute atomic E-state index is 0.144. The summed E-state index contributed by atoms with van der Waals surface area (Å²) < 4.78 is 0.875. The number of aryl methyl sites for hydroxylation is 2. The topological polar surface area (TPSA) is 17.1 Å². The lowest BCUT2D eigenvalue weighted by Gasteiger charge is -2.05. The van der Waals surface area contributed by atoms with Crippen LogP contribution < -0.4 is 0 Å². The Bertz CT molecular complexity index is 570. The summed E-state index contributed by atoms with van der Waals surface area (Å²) in [7, 11) is 0. The third kappa shape index (κ3) is 3.08. The molecule has 1 nitrogen and oxygen atoms in total. The van der Waals surface area contributed by atoms with Crippen molar-refractivity contribution in [3.05, 3.63) is 69.2 Å². The van der Waals surface area contributed by atoms with Crippen molar-refractivity contribution in [3.8, 4) is 0 Å². The van der Waals surface area contributed by atoms with Crippen molar-refractivity contribution < 1.29 is 4.79 Å². The Balaban J connectivity index is 2.19. The van der Waals surface area contributed by atoms with Crippen molar-refractivity contribution in [1.82, 2.24) is 0 Å². The zero-order chi connectivity index (χ0) is 13.1. The first-order chi connectivity index (χ1) is 8.56. The van der Waals surface area contributed by atoms with Crippen LogP contribution in [0.3, 0.4) is 0 Å². The Morgan fingerprint density at radius 3 is 2.22 bits per heavy atom.